The molecule has 0 aliphatic carbocycles. The highest BCUT2D eigenvalue weighted by molar-refractivity contribution is 7.08. The number of nitrogens with one attached hydrogen (secondary N) is 1. The number of benzene rings is 1. The van der Waals surface area contributed by atoms with Gasteiger partial charge < -0.3 is 15.2 Å². The summed E-state index contributed by atoms with van der Waals surface area (Å²) in [5, 5.41) is 16.1. The summed E-state index contributed by atoms with van der Waals surface area (Å²) in [5.41, 5.74) is 1.95. The summed E-state index contributed by atoms with van der Waals surface area (Å²) < 4.78 is 5.10. The van der Waals surface area contributed by atoms with Gasteiger partial charge in [0.2, 0.25) is 0 Å². The van der Waals surface area contributed by atoms with Crippen molar-refractivity contribution in [3.05, 3.63) is 52.2 Å². The molecule has 0 amide bonds. The van der Waals surface area contributed by atoms with Gasteiger partial charge in [0.1, 0.15) is 11.8 Å². The van der Waals surface area contributed by atoms with Gasteiger partial charge in [-0.2, -0.15) is 11.3 Å². The first-order valence-corrected chi connectivity index (χ1v) is 7.26. The molecule has 20 heavy (non-hydrogen) atoms. The van der Waals surface area contributed by atoms with Crippen LogP contribution in [0.4, 0.5) is 0 Å². The summed E-state index contributed by atoms with van der Waals surface area (Å²) >= 11 is 1.50. The fourth-order valence-corrected chi connectivity index (χ4v) is 2.63. The van der Waals surface area contributed by atoms with Gasteiger partial charge in [-0.15, -0.1) is 0 Å². The van der Waals surface area contributed by atoms with Crippen molar-refractivity contribution in [3.63, 3.8) is 0 Å². The Morgan fingerprint density at radius 2 is 2.10 bits per heavy atom. The van der Waals surface area contributed by atoms with E-state index in [1.807, 2.05) is 41.1 Å². The van der Waals surface area contributed by atoms with Gasteiger partial charge in [0.25, 0.3) is 0 Å². The quantitative estimate of drug-likeness (QED) is 0.823. The van der Waals surface area contributed by atoms with E-state index < -0.39 is 12.0 Å². The van der Waals surface area contributed by atoms with Gasteiger partial charge in [0.05, 0.1) is 7.11 Å². The molecule has 0 aliphatic rings. The number of carbonyl (C=O) groups is 1. The Bertz CT molecular complexity index is 537. The maximum atomic E-state index is 11.2. The normalized spacial score (nSPS) is 12.1. The van der Waals surface area contributed by atoms with Crippen LogP contribution in [-0.2, 0) is 11.2 Å². The largest absolute Gasteiger partial charge is 0.497 e. The number of ether oxygens (including phenoxy) is 1. The Kier molecular flexibility index (Phi) is 5.15. The predicted molar refractivity (Wildman–Crippen MR) is 79.4 cm³/mol. The lowest BCUT2D eigenvalue weighted by molar-refractivity contribution is -0.139. The smallest absolute Gasteiger partial charge is 0.325 e. The van der Waals surface area contributed by atoms with Crippen LogP contribution in [0.15, 0.2) is 41.1 Å². The minimum atomic E-state index is -0.849. The van der Waals surface area contributed by atoms with Gasteiger partial charge in [0, 0.05) is 6.54 Å². The molecule has 1 heterocycles. The molecule has 2 rings (SSSR count). The van der Waals surface area contributed by atoms with Crippen LogP contribution in [0, 0.1) is 0 Å². The van der Waals surface area contributed by atoms with Crippen molar-refractivity contribution in [2.45, 2.75) is 12.5 Å². The molecular formula is C15H17NO3S. The predicted octanol–water partition coefficient (Wildman–Crippen LogP) is 2.71. The highest BCUT2D eigenvalue weighted by Crippen LogP contribution is 2.17. The fraction of sp³-hybridized carbons (Fsp3) is 0.267. The summed E-state index contributed by atoms with van der Waals surface area (Å²) in [6.45, 7) is 0.610. The number of carboxylic acid groups (broad SMARTS) is 1. The number of hydrogen-bond acceptors (Lipinski definition) is 4. The first kappa shape index (κ1) is 14.6. The fourth-order valence-electron chi connectivity index (χ4n) is 1.94. The van der Waals surface area contributed by atoms with Crippen LogP contribution in [0.5, 0.6) is 5.75 Å². The molecule has 0 aliphatic heterocycles. The van der Waals surface area contributed by atoms with E-state index in [1.54, 1.807) is 7.11 Å². The second-order valence-corrected chi connectivity index (χ2v) is 5.16. The number of hydrogen-bond donors (Lipinski definition) is 2. The van der Waals surface area contributed by atoms with Gasteiger partial charge >= 0.3 is 5.97 Å². The number of thiophene rings is 1. The lowest BCUT2D eigenvalue weighted by atomic mass is 10.1. The Morgan fingerprint density at radius 3 is 2.65 bits per heavy atom. The van der Waals surface area contributed by atoms with Crippen molar-refractivity contribution in [3.8, 4) is 5.75 Å². The van der Waals surface area contributed by atoms with E-state index in [-0.39, 0.29) is 0 Å². The third-order valence-corrected chi connectivity index (χ3v) is 3.75. The van der Waals surface area contributed by atoms with E-state index >= 15 is 0 Å². The SMILES string of the molecule is COc1ccc(CCNC(C(=O)O)c2ccsc2)cc1. The maximum absolute atomic E-state index is 11.2. The average molecular weight is 291 g/mol. The lowest BCUT2D eigenvalue weighted by Crippen LogP contribution is -2.29. The molecule has 2 N–H and O–H groups in total. The van der Waals surface area contributed by atoms with E-state index in [9.17, 15) is 9.90 Å². The second kappa shape index (κ2) is 7.07. The second-order valence-electron chi connectivity index (χ2n) is 4.38. The zero-order valence-corrected chi connectivity index (χ0v) is 12.0. The van der Waals surface area contributed by atoms with Crippen LogP contribution in [-0.4, -0.2) is 24.7 Å². The highest BCUT2D eigenvalue weighted by Gasteiger charge is 2.18. The van der Waals surface area contributed by atoms with E-state index in [4.69, 9.17) is 4.74 Å². The summed E-state index contributed by atoms with van der Waals surface area (Å²) in [7, 11) is 1.63. The monoisotopic (exact) mass is 291 g/mol. The van der Waals surface area contributed by atoms with Gasteiger partial charge in [0.15, 0.2) is 0 Å². The minimum absolute atomic E-state index is 0.610. The molecule has 0 fully saturated rings. The zero-order valence-electron chi connectivity index (χ0n) is 11.2. The van der Waals surface area contributed by atoms with E-state index in [0.29, 0.717) is 6.54 Å². The third-order valence-electron chi connectivity index (χ3n) is 3.04. The molecule has 0 spiro atoms. The Morgan fingerprint density at radius 1 is 1.35 bits per heavy atom. The minimum Gasteiger partial charge on any atom is -0.497 e. The van der Waals surface area contributed by atoms with Crippen molar-refractivity contribution < 1.29 is 14.6 Å². The van der Waals surface area contributed by atoms with Gasteiger partial charge in [-0.3, -0.25) is 4.79 Å². The van der Waals surface area contributed by atoms with Gasteiger partial charge in [-0.05, 0) is 46.5 Å². The van der Waals surface area contributed by atoms with Crippen LogP contribution in [0.25, 0.3) is 0 Å². The van der Waals surface area contributed by atoms with Crippen LogP contribution in [0.3, 0.4) is 0 Å². The Labute approximate surface area is 122 Å². The third kappa shape index (κ3) is 3.82. The standard InChI is InChI=1S/C15H17NO3S/c1-19-13-4-2-11(3-5-13)6-8-16-14(15(17)18)12-7-9-20-10-12/h2-5,7,9-10,14,16H,6,8H2,1H3,(H,17,18). The summed E-state index contributed by atoms with van der Waals surface area (Å²) in [4.78, 5) is 11.2. The van der Waals surface area contributed by atoms with Crippen LogP contribution in [0.2, 0.25) is 0 Å². The average Bonchev–Trinajstić information content (AvgIpc) is 2.97. The van der Waals surface area contributed by atoms with E-state index in [2.05, 4.69) is 5.32 Å². The molecule has 0 bridgehead atoms. The molecule has 0 saturated heterocycles. The van der Waals surface area contributed by atoms with E-state index in [1.165, 1.54) is 11.3 Å². The Hall–Kier alpha value is -1.85. The summed E-state index contributed by atoms with van der Waals surface area (Å²) in [6, 6.07) is 8.98. The molecule has 0 radical (unpaired) electrons. The van der Waals surface area contributed by atoms with Gasteiger partial charge in [-0.25, -0.2) is 0 Å². The number of rotatable bonds is 7. The lowest BCUT2D eigenvalue weighted by Gasteiger charge is -2.13. The molecule has 0 saturated carbocycles. The van der Waals surface area contributed by atoms with Crippen LogP contribution < -0.4 is 10.1 Å². The van der Waals surface area contributed by atoms with Crippen molar-refractivity contribution in [1.82, 2.24) is 5.32 Å². The van der Waals surface area contributed by atoms with Crippen molar-refractivity contribution in [2.24, 2.45) is 0 Å². The summed E-state index contributed by atoms with van der Waals surface area (Å²) in [6.07, 6.45) is 0.776. The molecule has 1 aromatic carbocycles. The molecule has 1 unspecified atom stereocenters. The first-order valence-electron chi connectivity index (χ1n) is 6.32. The highest BCUT2D eigenvalue weighted by atomic mass is 32.1. The first-order chi connectivity index (χ1) is 9.70. The van der Waals surface area contributed by atoms with Crippen LogP contribution in [0.1, 0.15) is 17.2 Å². The van der Waals surface area contributed by atoms with Crippen molar-refractivity contribution >= 4 is 17.3 Å². The summed E-state index contributed by atoms with van der Waals surface area (Å²) in [5.74, 6) is -0.0264. The molecule has 1 atom stereocenters. The molecule has 5 heteroatoms. The van der Waals surface area contributed by atoms with Crippen molar-refractivity contribution in [1.29, 1.82) is 0 Å². The number of carboxylic acids is 1. The zero-order chi connectivity index (χ0) is 14.4. The molecule has 4 nitrogen and oxygen atoms in total. The van der Waals surface area contributed by atoms with Crippen molar-refractivity contribution in [2.75, 3.05) is 13.7 Å². The molecule has 1 aromatic heterocycles. The molecule has 106 valence electrons. The molecular weight excluding hydrogens is 274 g/mol. The van der Waals surface area contributed by atoms with E-state index in [0.717, 1.165) is 23.3 Å². The van der Waals surface area contributed by atoms with Crippen LogP contribution >= 0.6 is 11.3 Å². The Balaban J connectivity index is 1.88. The van der Waals surface area contributed by atoms with Gasteiger partial charge in [-0.1, -0.05) is 12.1 Å². The number of methoxy groups -OCH3 is 1. The maximum Gasteiger partial charge on any atom is 0.325 e. The number of aliphatic carboxylic acids is 1. The molecule has 2 aromatic rings. The topological polar surface area (TPSA) is 58.6 Å².